The predicted molar refractivity (Wildman–Crippen MR) is 62.1 cm³/mol. The molecule has 0 bridgehead atoms. The number of rotatable bonds is 9. The van der Waals surface area contributed by atoms with Crippen LogP contribution in [-0.4, -0.2) is 35.5 Å². The molecule has 0 unspecified atom stereocenters. The Kier molecular flexibility index (Phi) is 9.66. The van der Waals surface area contributed by atoms with Crippen LogP contribution >= 0.6 is 0 Å². The summed E-state index contributed by atoms with van der Waals surface area (Å²) in [6, 6.07) is 0. The molecule has 0 rings (SSSR count). The van der Waals surface area contributed by atoms with Gasteiger partial charge in [-0.1, -0.05) is 0 Å². The molecular weight excluding hydrogens is 212 g/mol. The van der Waals surface area contributed by atoms with E-state index in [4.69, 9.17) is 18.6 Å². The Morgan fingerprint density at radius 1 is 1.13 bits per heavy atom. The first-order valence-corrected chi connectivity index (χ1v) is 6.82. The lowest BCUT2D eigenvalue weighted by atomic mass is 10.7. The molecule has 5 heteroatoms. The molecule has 0 aliphatic carbocycles. The Labute approximate surface area is 94.5 Å². The van der Waals surface area contributed by atoms with Crippen LogP contribution in [0.4, 0.5) is 0 Å². The molecule has 0 saturated heterocycles. The number of hydrogen-bond donors (Lipinski definition) is 0. The van der Waals surface area contributed by atoms with E-state index in [1.165, 1.54) is 0 Å². The molecule has 0 aromatic heterocycles. The van der Waals surface area contributed by atoms with E-state index in [-0.39, 0.29) is 5.91 Å². The molecule has 0 radical (unpaired) electrons. The quantitative estimate of drug-likeness (QED) is 0.343. The van der Waals surface area contributed by atoms with Gasteiger partial charge in [0.25, 0.3) is 15.7 Å². The summed E-state index contributed by atoms with van der Waals surface area (Å²) in [6.45, 7) is 9.59. The van der Waals surface area contributed by atoms with Crippen LogP contribution < -0.4 is 0 Å². The fourth-order valence-corrected chi connectivity index (χ4v) is 2.23. The Balaban J connectivity index is 3.84. The first-order valence-electron chi connectivity index (χ1n) is 5.43. The van der Waals surface area contributed by atoms with Crippen molar-refractivity contribution in [1.82, 2.24) is 0 Å². The van der Waals surface area contributed by atoms with E-state index in [9.17, 15) is 0 Å². The molecular formula is C10H22O4Si. The summed E-state index contributed by atoms with van der Waals surface area (Å²) in [5.74, 6) is 0.393. The molecule has 0 aromatic rings. The van der Waals surface area contributed by atoms with Crippen LogP contribution in [0.1, 0.15) is 27.7 Å². The second kappa shape index (κ2) is 10.0. The van der Waals surface area contributed by atoms with E-state index in [2.05, 4.69) is 0 Å². The zero-order valence-electron chi connectivity index (χ0n) is 10.1. The predicted octanol–water partition coefficient (Wildman–Crippen LogP) is 1.34. The van der Waals surface area contributed by atoms with Gasteiger partial charge in [-0.15, -0.1) is 0 Å². The summed E-state index contributed by atoms with van der Waals surface area (Å²) >= 11 is 0. The molecule has 0 aliphatic rings. The molecule has 15 heavy (non-hydrogen) atoms. The van der Waals surface area contributed by atoms with E-state index in [0.29, 0.717) is 25.8 Å². The smallest absolute Gasteiger partial charge is 0.282 e. The summed E-state index contributed by atoms with van der Waals surface area (Å²) in [5, 5.41) is 0. The van der Waals surface area contributed by atoms with Gasteiger partial charge in [-0.25, -0.2) is 0 Å². The van der Waals surface area contributed by atoms with Crippen LogP contribution in [0.3, 0.4) is 0 Å². The highest BCUT2D eigenvalue weighted by Crippen LogP contribution is 2.02. The van der Waals surface area contributed by atoms with E-state index in [1.807, 2.05) is 33.8 Å². The number of allylic oxidation sites excluding steroid dienone is 1. The van der Waals surface area contributed by atoms with Crippen molar-refractivity contribution in [2.75, 3.05) is 19.8 Å². The topological polar surface area (TPSA) is 36.9 Å². The van der Waals surface area contributed by atoms with Crippen molar-refractivity contribution in [2.45, 2.75) is 33.6 Å². The molecule has 90 valence electrons. The maximum absolute atomic E-state index is 5.53. The van der Waals surface area contributed by atoms with E-state index in [1.54, 1.807) is 0 Å². The van der Waals surface area contributed by atoms with E-state index < -0.39 is 9.76 Å². The first kappa shape index (κ1) is 14.5. The first-order chi connectivity index (χ1) is 7.28. The maximum Gasteiger partial charge on any atom is 0.282 e. The Hall–Kier alpha value is -0.523. The molecule has 4 nitrogen and oxygen atoms in total. The minimum absolute atomic E-state index is 0.185. The largest absolute Gasteiger partial charge is 0.519 e. The van der Waals surface area contributed by atoms with Crippen LogP contribution in [0.2, 0.25) is 0 Å². The summed E-state index contributed by atoms with van der Waals surface area (Å²) in [6.07, 6.45) is 1.81. The van der Waals surface area contributed by atoms with Gasteiger partial charge in [0, 0.05) is 13.2 Å². The maximum atomic E-state index is 5.53. The summed E-state index contributed by atoms with van der Waals surface area (Å²) in [4.78, 5) is 0. The molecule has 0 atom stereocenters. The summed E-state index contributed by atoms with van der Waals surface area (Å²) in [5.41, 5.74) is 0. The van der Waals surface area contributed by atoms with Crippen molar-refractivity contribution in [3.8, 4) is 0 Å². The van der Waals surface area contributed by atoms with Crippen molar-refractivity contribution in [1.29, 1.82) is 0 Å². The molecule has 0 aromatic carbocycles. The third-order valence-corrected chi connectivity index (χ3v) is 2.78. The van der Waals surface area contributed by atoms with Gasteiger partial charge in [-0.05, 0) is 33.8 Å². The lowest BCUT2D eigenvalue weighted by Gasteiger charge is -2.18. The third-order valence-electron chi connectivity index (χ3n) is 1.59. The highest BCUT2D eigenvalue weighted by Gasteiger charge is 2.11. The van der Waals surface area contributed by atoms with Crippen LogP contribution in [0, 0.1) is 0 Å². The Morgan fingerprint density at radius 2 is 1.73 bits per heavy atom. The van der Waals surface area contributed by atoms with Gasteiger partial charge in [0.1, 0.15) is 0 Å². The molecule has 0 heterocycles. The Bertz CT molecular complexity index is 167. The van der Waals surface area contributed by atoms with Crippen LogP contribution in [-0.2, 0) is 18.6 Å². The fourth-order valence-electron chi connectivity index (χ4n) is 1.02. The standard InChI is InChI=1S/C10H22O4Si/c1-5-9(11-6-2)14-15-10(12-7-3)13-8-4/h5,10H,6-8,15H2,1-4H3. The molecule has 0 aliphatic heterocycles. The van der Waals surface area contributed by atoms with Crippen molar-refractivity contribution < 1.29 is 18.6 Å². The second-order valence-electron chi connectivity index (χ2n) is 2.69. The average molecular weight is 234 g/mol. The summed E-state index contributed by atoms with van der Waals surface area (Å²) < 4.78 is 21.6. The normalized spacial score (nSPS) is 12.7. The zero-order chi connectivity index (χ0) is 11.5. The Morgan fingerprint density at radius 3 is 2.13 bits per heavy atom. The van der Waals surface area contributed by atoms with Gasteiger partial charge < -0.3 is 18.6 Å². The SMILES string of the molecule is CC=C(OCC)O[SiH2]C(OCC)OCC. The lowest BCUT2D eigenvalue weighted by Crippen LogP contribution is -2.27. The average Bonchev–Trinajstić information content (AvgIpc) is 2.24. The van der Waals surface area contributed by atoms with Gasteiger partial charge in [-0.2, -0.15) is 0 Å². The van der Waals surface area contributed by atoms with Crippen LogP contribution in [0.15, 0.2) is 12.0 Å². The fraction of sp³-hybridized carbons (Fsp3) is 0.800. The van der Waals surface area contributed by atoms with E-state index >= 15 is 0 Å². The highest BCUT2D eigenvalue weighted by molar-refractivity contribution is 6.28. The van der Waals surface area contributed by atoms with E-state index in [0.717, 1.165) is 0 Å². The molecule has 0 saturated carbocycles. The lowest BCUT2D eigenvalue weighted by molar-refractivity contribution is -0.0907. The highest BCUT2D eigenvalue weighted by atomic mass is 28.2. The molecule has 0 spiro atoms. The zero-order valence-corrected chi connectivity index (χ0v) is 11.5. The van der Waals surface area contributed by atoms with Gasteiger partial charge >= 0.3 is 0 Å². The summed E-state index contributed by atoms with van der Waals surface area (Å²) in [7, 11) is -0.913. The van der Waals surface area contributed by atoms with Crippen molar-refractivity contribution in [3.05, 3.63) is 12.0 Å². The van der Waals surface area contributed by atoms with Crippen molar-refractivity contribution >= 4 is 9.76 Å². The second-order valence-corrected chi connectivity index (χ2v) is 3.98. The molecule has 0 fully saturated rings. The number of hydrogen-bond acceptors (Lipinski definition) is 4. The van der Waals surface area contributed by atoms with Crippen molar-refractivity contribution in [3.63, 3.8) is 0 Å². The van der Waals surface area contributed by atoms with Crippen molar-refractivity contribution in [2.24, 2.45) is 0 Å². The van der Waals surface area contributed by atoms with Gasteiger partial charge in [0.05, 0.1) is 6.61 Å². The monoisotopic (exact) mass is 234 g/mol. The number of ether oxygens (including phenoxy) is 3. The minimum Gasteiger partial charge on any atom is -0.519 e. The van der Waals surface area contributed by atoms with Crippen LogP contribution in [0.5, 0.6) is 0 Å². The molecule has 0 N–H and O–H groups in total. The van der Waals surface area contributed by atoms with Gasteiger partial charge in [-0.3, -0.25) is 0 Å². The third kappa shape index (κ3) is 7.41. The van der Waals surface area contributed by atoms with Gasteiger partial charge in [0.2, 0.25) is 0 Å². The minimum atomic E-state index is -0.913. The molecule has 0 amide bonds. The van der Waals surface area contributed by atoms with Crippen LogP contribution in [0.25, 0.3) is 0 Å². The van der Waals surface area contributed by atoms with Gasteiger partial charge in [0.15, 0.2) is 5.91 Å².